The first kappa shape index (κ1) is 10.2. The molecule has 0 amide bonds. The molecule has 5 heteroatoms. The summed E-state index contributed by atoms with van der Waals surface area (Å²) in [5.41, 5.74) is 0.579. The van der Waals surface area contributed by atoms with Gasteiger partial charge in [-0.2, -0.15) is 0 Å². The minimum atomic E-state index is -1.07. The summed E-state index contributed by atoms with van der Waals surface area (Å²) >= 11 is 0. The van der Waals surface area contributed by atoms with Crippen LogP contribution in [0.5, 0.6) is 0 Å². The zero-order valence-corrected chi connectivity index (χ0v) is 8.01. The van der Waals surface area contributed by atoms with Crippen LogP contribution in [0.15, 0.2) is 18.6 Å². The van der Waals surface area contributed by atoms with Gasteiger partial charge >= 0.3 is 5.97 Å². The molecule has 1 heterocycles. The Balaban J connectivity index is 2.78. The fourth-order valence-corrected chi connectivity index (χ4v) is 0.760. The van der Waals surface area contributed by atoms with Crippen molar-refractivity contribution in [2.45, 2.75) is 0 Å². The number of carboxylic acids is 1. The van der Waals surface area contributed by atoms with Gasteiger partial charge in [0.15, 0.2) is 5.69 Å². The number of aromatic carboxylic acids is 1. The molecule has 0 saturated heterocycles. The fraction of sp³-hybridized carbons (Fsp3) is 0.222. The summed E-state index contributed by atoms with van der Waals surface area (Å²) in [6, 6.07) is 0. The number of aromatic nitrogens is 2. The van der Waals surface area contributed by atoms with E-state index in [0.29, 0.717) is 5.69 Å². The smallest absolute Gasteiger partial charge is 0.356 e. The van der Waals surface area contributed by atoms with Crippen molar-refractivity contribution in [3.05, 3.63) is 30.0 Å². The predicted octanol–water partition coefficient (Wildman–Crippen LogP) is 0.707. The maximum atomic E-state index is 10.4. The Kier molecular flexibility index (Phi) is 3.17. The van der Waals surface area contributed by atoms with Gasteiger partial charge in [0.25, 0.3) is 0 Å². The van der Waals surface area contributed by atoms with E-state index in [1.807, 2.05) is 25.2 Å². The molecule has 14 heavy (non-hydrogen) atoms. The molecule has 0 spiro atoms. The van der Waals surface area contributed by atoms with Crippen molar-refractivity contribution in [1.82, 2.24) is 14.9 Å². The molecule has 0 aromatic carbocycles. The highest BCUT2D eigenvalue weighted by atomic mass is 16.4. The van der Waals surface area contributed by atoms with E-state index in [2.05, 4.69) is 9.97 Å². The third-order valence-electron chi connectivity index (χ3n) is 1.43. The highest BCUT2D eigenvalue weighted by Crippen LogP contribution is 1.98. The van der Waals surface area contributed by atoms with E-state index in [4.69, 9.17) is 5.11 Å². The van der Waals surface area contributed by atoms with Crippen LogP contribution in [0.25, 0.3) is 6.08 Å². The van der Waals surface area contributed by atoms with Gasteiger partial charge in [-0.15, -0.1) is 0 Å². The molecule has 1 rings (SSSR count). The zero-order valence-electron chi connectivity index (χ0n) is 8.01. The highest BCUT2D eigenvalue weighted by molar-refractivity contribution is 5.84. The van der Waals surface area contributed by atoms with Crippen LogP contribution < -0.4 is 0 Å². The molecule has 0 bridgehead atoms. The van der Waals surface area contributed by atoms with Gasteiger partial charge in [0, 0.05) is 20.3 Å². The number of rotatable bonds is 3. The summed E-state index contributed by atoms with van der Waals surface area (Å²) in [5, 5.41) is 8.57. The van der Waals surface area contributed by atoms with Crippen molar-refractivity contribution in [2.75, 3.05) is 14.1 Å². The molecule has 74 valence electrons. The largest absolute Gasteiger partial charge is 0.476 e. The van der Waals surface area contributed by atoms with E-state index in [1.54, 1.807) is 6.08 Å². The van der Waals surface area contributed by atoms with Gasteiger partial charge in [0.05, 0.1) is 18.1 Å². The number of hydrogen-bond donors (Lipinski definition) is 1. The lowest BCUT2D eigenvalue weighted by atomic mass is 10.4. The van der Waals surface area contributed by atoms with Gasteiger partial charge in [0.2, 0.25) is 0 Å². The molecule has 5 nitrogen and oxygen atoms in total. The van der Waals surface area contributed by atoms with Crippen LogP contribution in [-0.2, 0) is 0 Å². The van der Waals surface area contributed by atoms with Gasteiger partial charge in [-0.3, -0.25) is 4.98 Å². The Morgan fingerprint density at radius 3 is 2.57 bits per heavy atom. The van der Waals surface area contributed by atoms with E-state index < -0.39 is 5.97 Å². The van der Waals surface area contributed by atoms with Crippen LogP contribution in [0, 0.1) is 0 Å². The maximum Gasteiger partial charge on any atom is 0.356 e. The maximum absolute atomic E-state index is 10.4. The van der Waals surface area contributed by atoms with Gasteiger partial charge < -0.3 is 10.0 Å². The molecule has 0 radical (unpaired) electrons. The Morgan fingerprint density at radius 1 is 1.43 bits per heavy atom. The molecule has 0 aliphatic rings. The predicted molar refractivity (Wildman–Crippen MR) is 51.7 cm³/mol. The quantitative estimate of drug-likeness (QED) is 0.765. The first-order chi connectivity index (χ1) is 6.59. The zero-order chi connectivity index (χ0) is 10.6. The second-order valence-electron chi connectivity index (χ2n) is 2.91. The summed E-state index contributed by atoms with van der Waals surface area (Å²) in [6.45, 7) is 0. The molecule has 1 aromatic rings. The van der Waals surface area contributed by atoms with E-state index >= 15 is 0 Å². The number of carbonyl (C=O) groups is 1. The first-order valence-electron chi connectivity index (χ1n) is 3.99. The van der Waals surface area contributed by atoms with Gasteiger partial charge in [-0.1, -0.05) is 0 Å². The molecular weight excluding hydrogens is 182 g/mol. The topological polar surface area (TPSA) is 66.3 Å². The summed E-state index contributed by atoms with van der Waals surface area (Å²) in [7, 11) is 3.77. The van der Waals surface area contributed by atoms with Crippen LogP contribution in [0.4, 0.5) is 0 Å². The van der Waals surface area contributed by atoms with Gasteiger partial charge in [-0.25, -0.2) is 9.78 Å². The summed E-state index contributed by atoms with van der Waals surface area (Å²) in [5.74, 6) is -1.07. The number of nitrogens with zero attached hydrogens (tertiary/aromatic N) is 3. The van der Waals surface area contributed by atoms with Crippen LogP contribution in [0.2, 0.25) is 0 Å². The Labute approximate surface area is 81.7 Å². The van der Waals surface area contributed by atoms with Crippen LogP contribution in [0.1, 0.15) is 16.2 Å². The molecule has 0 unspecified atom stereocenters. The highest BCUT2D eigenvalue weighted by Gasteiger charge is 2.02. The lowest BCUT2D eigenvalue weighted by molar-refractivity contribution is 0.0690. The van der Waals surface area contributed by atoms with Crippen LogP contribution in [-0.4, -0.2) is 40.0 Å². The molecule has 0 aliphatic carbocycles. The average molecular weight is 193 g/mol. The molecule has 0 atom stereocenters. The summed E-state index contributed by atoms with van der Waals surface area (Å²) in [4.78, 5) is 19.9. The fourth-order valence-electron chi connectivity index (χ4n) is 0.760. The van der Waals surface area contributed by atoms with Crippen molar-refractivity contribution in [1.29, 1.82) is 0 Å². The minimum Gasteiger partial charge on any atom is -0.476 e. The molecule has 0 fully saturated rings. The lowest BCUT2D eigenvalue weighted by Crippen LogP contribution is -2.02. The van der Waals surface area contributed by atoms with E-state index in [-0.39, 0.29) is 5.69 Å². The van der Waals surface area contributed by atoms with Crippen molar-refractivity contribution < 1.29 is 9.90 Å². The monoisotopic (exact) mass is 193 g/mol. The second kappa shape index (κ2) is 4.36. The third-order valence-corrected chi connectivity index (χ3v) is 1.43. The van der Waals surface area contributed by atoms with E-state index in [9.17, 15) is 4.79 Å². The number of hydrogen-bond acceptors (Lipinski definition) is 4. The van der Waals surface area contributed by atoms with Crippen molar-refractivity contribution in [3.8, 4) is 0 Å². The molecular formula is C9H11N3O2. The molecule has 0 aliphatic heterocycles. The SMILES string of the molecule is CN(C)C=Cc1cnc(C(=O)O)cn1. The Bertz CT molecular complexity index is 344. The third kappa shape index (κ3) is 2.85. The van der Waals surface area contributed by atoms with E-state index in [0.717, 1.165) is 0 Å². The summed E-state index contributed by atoms with van der Waals surface area (Å²) in [6.07, 6.45) is 6.21. The lowest BCUT2D eigenvalue weighted by Gasteiger charge is -2.02. The summed E-state index contributed by atoms with van der Waals surface area (Å²) < 4.78 is 0. The molecule has 0 saturated carbocycles. The average Bonchev–Trinajstić information content (AvgIpc) is 2.15. The van der Waals surface area contributed by atoms with Gasteiger partial charge in [-0.05, 0) is 6.08 Å². The van der Waals surface area contributed by atoms with E-state index in [1.165, 1.54) is 12.4 Å². The Hall–Kier alpha value is -1.91. The normalized spacial score (nSPS) is 10.4. The van der Waals surface area contributed by atoms with Crippen molar-refractivity contribution in [3.63, 3.8) is 0 Å². The van der Waals surface area contributed by atoms with Crippen LogP contribution in [0.3, 0.4) is 0 Å². The molecule has 1 aromatic heterocycles. The Morgan fingerprint density at radius 2 is 2.14 bits per heavy atom. The number of carboxylic acid groups (broad SMARTS) is 1. The van der Waals surface area contributed by atoms with Crippen molar-refractivity contribution >= 4 is 12.0 Å². The second-order valence-corrected chi connectivity index (χ2v) is 2.91. The van der Waals surface area contributed by atoms with Gasteiger partial charge in [0.1, 0.15) is 0 Å². The van der Waals surface area contributed by atoms with Crippen molar-refractivity contribution in [2.24, 2.45) is 0 Å². The first-order valence-corrected chi connectivity index (χ1v) is 3.99. The minimum absolute atomic E-state index is 0.0491. The molecule has 1 N–H and O–H groups in total. The van der Waals surface area contributed by atoms with Crippen LogP contribution >= 0.6 is 0 Å². The standard InChI is InChI=1S/C9H11N3O2/c1-12(2)4-3-7-5-11-8(6-10-7)9(13)14/h3-6H,1-2H3,(H,13,14).